The molecule has 0 saturated heterocycles. The summed E-state index contributed by atoms with van der Waals surface area (Å²) in [6, 6.07) is 0. The van der Waals surface area contributed by atoms with Crippen LogP contribution in [0.4, 0.5) is 0 Å². The zero-order chi connectivity index (χ0) is 42.1. The van der Waals surface area contributed by atoms with Crippen molar-refractivity contribution in [2.24, 2.45) is 0 Å². The summed E-state index contributed by atoms with van der Waals surface area (Å²) in [6.07, 6.45) is 46.3. The molecule has 326 valence electrons. The van der Waals surface area contributed by atoms with Gasteiger partial charge in [0.1, 0.15) is 19.8 Å². The van der Waals surface area contributed by atoms with Crippen molar-refractivity contribution in [3.8, 4) is 0 Å². The monoisotopic (exact) mass is 820 g/mol. The largest absolute Gasteiger partial charge is 0.756 e. The van der Waals surface area contributed by atoms with Gasteiger partial charge in [-0.25, -0.2) is 0 Å². The van der Waals surface area contributed by atoms with Crippen LogP contribution in [0.3, 0.4) is 0 Å². The van der Waals surface area contributed by atoms with E-state index < -0.39 is 32.5 Å². The van der Waals surface area contributed by atoms with Gasteiger partial charge in [0, 0.05) is 19.4 Å². The van der Waals surface area contributed by atoms with E-state index in [0.717, 1.165) is 96.3 Å². The van der Waals surface area contributed by atoms with Crippen molar-refractivity contribution in [1.29, 1.82) is 0 Å². The van der Waals surface area contributed by atoms with Crippen LogP contribution in [0.1, 0.15) is 135 Å². The molecule has 0 rings (SSSR count). The molecule has 0 saturated carbocycles. The molecule has 11 heteroatoms. The first kappa shape index (κ1) is 54.2. The Morgan fingerprint density at radius 3 is 1.58 bits per heavy atom. The number of rotatable bonds is 38. The molecule has 0 aromatic heterocycles. The Morgan fingerprint density at radius 2 is 1.05 bits per heavy atom. The van der Waals surface area contributed by atoms with Crippen molar-refractivity contribution in [2.45, 2.75) is 141 Å². The van der Waals surface area contributed by atoms with E-state index in [0.29, 0.717) is 30.3 Å². The van der Waals surface area contributed by atoms with Gasteiger partial charge in [-0.15, -0.1) is 0 Å². The Hall–Kier alpha value is -2.85. The second-order valence-corrected chi connectivity index (χ2v) is 16.5. The van der Waals surface area contributed by atoms with Gasteiger partial charge in [0.15, 0.2) is 6.10 Å². The van der Waals surface area contributed by atoms with Crippen LogP contribution in [0.15, 0.2) is 85.1 Å². The number of aliphatic hydroxyl groups is 1. The highest BCUT2D eigenvalue weighted by Gasteiger charge is 2.21. The van der Waals surface area contributed by atoms with Crippen LogP contribution in [0.25, 0.3) is 0 Å². The lowest BCUT2D eigenvalue weighted by molar-refractivity contribution is -0.870. The van der Waals surface area contributed by atoms with Crippen LogP contribution in [0, 0.1) is 0 Å². The first-order valence-electron chi connectivity index (χ1n) is 21.4. The number of phosphoric acid groups is 1. The topological polar surface area (TPSA) is 131 Å². The fraction of sp³-hybridized carbons (Fsp3) is 0.652. The molecule has 0 spiro atoms. The van der Waals surface area contributed by atoms with E-state index in [-0.39, 0.29) is 32.7 Å². The lowest BCUT2D eigenvalue weighted by atomic mass is 10.1. The van der Waals surface area contributed by atoms with Crippen molar-refractivity contribution in [2.75, 3.05) is 54.1 Å². The third kappa shape index (κ3) is 42.6. The third-order valence-electron chi connectivity index (χ3n) is 8.45. The standard InChI is InChI=1S/C46H78NO9P/c1-5-6-7-8-9-10-11-12-16-20-23-26-29-32-35-38-46(50)56-44(43-55-57(51,52)54-41-39-47(2,3)4)42-53-45(49)37-34-31-28-25-22-19-17-14-13-15-18-21-24-27-30-33-36-40-48/h6-7,9-10,12-13,15-17,19,21,24-25,28,44,48H,5,8,11,14,18,20,22-23,26-27,29-43H2,1-4H3/b7-6-,10-9-,15-13-,16-12-,19-17-,24-21-,28-25-/t44-/m1/s1. The molecule has 0 aromatic rings. The number of likely N-dealkylation sites (N-methyl/N-ethyl adjacent to an activating group) is 1. The summed E-state index contributed by atoms with van der Waals surface area (Å²) in [6.45, 7) is 2.00. The van der Waals surface area contributed by atoms with Gasteiger partial charge in [-0.3, -0.25) is 14.2 Å². The number of nitrogens with zero attached hydrogens (tertiary/aromatic N) is 1. The summed E-state index contributed by atoms with van der Waals surface area (Å²) in [5.41, 5.74) is 0. The maximum atomic E-state index is 12.7. The lowest BCUT2D eigenvalue weighted by Gasteiger charge is -2.28. The number of phosphoric ester groups is 1. The summed E-state index contributed by atoms with van der Waals surface area (Å²) >= 11 is 0. The van der Waals surface area contributed by atoms with Crippen LogP contribution >= 0.6 is 7.82 Å². The number of unbranched alkanes of at least 4 members (excludes halogenated alkanes) is 9. The first-order valence-corrected chi connectivity index (χ1v) is 22.9. The number of allylic oxidation sites excluding steroid dienone is 14. The molecular weight excluding hydrogens is 741 g/mol. The Kier molecular flexibility index (Phi) is 36.7. The predicted octanol–water partition coefficient (Wildman–Crippen LogP) is 10.4. The molecule has 0 bridgehead atoms. The smallest absolute Gasteiger partial charge is 0.306 e. The maximum Gasteiger partial charge on any atom is 0.306 e. The SMILES string of the molecule is CC/C=C\C/C=C\C/C=C\CCCCCCCC(=O)O[C@H](COC(=O)CCC/C=C\C/C=C\C/C=C\C/C=C\CCCCCO)COP(=O)([O-])OCC[N+](C)(C)C. The quantitative estimate of drug-likeness (QED) is 0.0213. The molecular formula is C46H78NO9P. The zero-order valence-electron chi connectivity index (χ0n) is 35.9. The van der Waals surface area contributed by atoms with Crippen molar-refractivity contribution in [3.05, 3.63) is 85.1 Å². The average Bonchev–Trinajstić information content (AvgIpc) is 3.16. The minimum absolute atomic E-state index is 0.0523. The second-order valence-electron chi connectivity index (χ2n) is 15.0. The summed E-state index contributed by atoms with van der Waals surface area (Å²) in [4.78, 5) is 37.5. The Bertz CT molecular complexity index is 1250. The van der Waals surface area contributed by atoms with E-state index >= 15 is 0 Å². The molecule has 2 atom stereocenters. The second kappa shape index (κ2) is 38.7. The molecule has 57 heavy (non-hydrogen) atoms. The summed E-state index contributed by atoms with van der Waals surface area (Å²) in [5, 5.41) is 8.79. The molecule has 0 amide bonds. The normalized spacial score (nSPS) is 14.4. The average molecular weight is 820 g/mol. The van der Waals surface area contributed by atoms with Crippen molar-refractivity contribution in [3.63, 3.8) is 0 Å². The van der Waals surface area contributed by atoms with Gasteiger partial charge in [0.25, 0.3) is 7.82 Å². The van der Waals surface area contributed by atoms with Gasteiger partial charge in [-0.05, 0) is 89.9 Å². The van der Waals surface area contributed by atoms with Gasteiger partial charge in [-0.1, -0.05) is 118 Å². The summed E-state index contributed by atoms with van der Waals surface area (Å²) < 4.78 is 33.8. The Balaban J connectivity index is 4.51. The molecule has 0 fully saturated rings. The molecule has 0 radical (unpaired) electrons. The lowest BCUT2D eigenvalue weighted by Crippen LogP contribution is -2.37. The number of quaternary nitrogens is 1. The molecule has 0 aliphatic rings. The number of ether oxygens (including phenoxy) is 2. The molecule has 0 aliphatic heterocycles. The highest BCUT2D eigenvalue weighted by molar-refractivity contribution is 7.45. The van der Waals surface area contributed by atoms with Crippen molar-refractivity contribution in [1.82, 2.24) is 0 Å². The van der Waals surface area contributed by atoms with Crippen LogP contribution in [0.2, 0.25) is 0 Å². The first-order chi connectivity index (χ1) is 27.5. The molecule has 0 heterocycles. The molecule has 1 unspecified atom stereocenters. The summed E-state index contributed by atoms with van der Waals surface area (Å²) in [7, 11) is 1.09. The fourth-order valence-corrected chi connectivity index (χ4v) is 5.84. The van der Waals surface area contributed by atoms with E-state index in [1.54, 1.807) is 0 Å². The Labute approximate surface area is 346 Å². The van der Waals surface area contributed by atoms with Gasteiger partial charge in [-0.2, -0.15) is 0 Å². The molecule has 0 aliphatic carbocycles. The van der Waals surface area contributed by atoms with E-state index in [2.05, 4.69) is 85.9 Å². The van der Waals surface area contributed by atoms with Gasteiger partial charge in [0.05, 0.1) is 27.7 Å². The van der Waals surface area contributed by atoms with Gasteiger partial charge in [0.2, 0.25) is 0 Å². The van der Waals surface area contributed by atoms with Crippen LogP contribution in [-0.4, -0.2) is 81.7 Å². The predicted molar refractivity (Wildman–Crippen MR) is 232 cm³/mol. The van der Waals surface area contributed by atoms with Gasteiger partial charge < -0.3 is 33.0 Å². The minimum Gasteiger partial charge on any atom is -0.756 e. The van der Waals surface area contributed by atoms with E-state index in [1.807, 2.05) is 27.2 Å². The number of hydrogen-bond donors (Lipinski definition) is 1. The van der Waals surface area contributed by atoms with Crippen LogP contribution in [0.5, 0.6) is 0 Å². The van der Waals surface area contributed by atoms with Gasteiger partial charge >= 0.3 is 11.9 Å². The van der Waals surface area contributed by atoms with Crippen LogP contribution in [-0.2, 0) is 32.7 Å². The number of aliphatic hydroxyl groups excluding tert-OH is 1. The maximum absolute atomic E-state index is 12.7. The van der Waals surface area contributed by atoms with Crippen LogP contribution < -0.4 is 4.89 Å². The summed E-state index contributed by atoms with van der Waals surface area (Å²) in [5.74, 6) is -0.944. The van der Waals surface area contributed by atoms with E-state index in [9.17, 15) is 19.0 Å². The Morgan fingerprint density at radius 1 is 0.596 bits per heavy atom. The number of carbonyl (C=O) groups is 2. The molecule has 10 nitrogen and oxygen atoms in total. The van der Waals surface area contributed by atoms with E-state index in [1.165, 1.54) is 0 Å². The van der Waals surface area contributed by atoms with E-state index in [4.69, 9.17) is 23.6 Å². The molecule has 0 aromatic carbocycles. The number of hydrogen-bond acceptors (Lipinski definition) is 9. The molecule has 1 N–H and O–H groups in total. The highest BCUT2D eigenvalue weighted by Crippen LogP contribution is 2.38. The minimum atomic E-state index is -4.65. The number of esters is 2. The fourth-order valence-electron chi connectivity index (χ4n) is 5.11. The van der Waals surface area contributed by atoms with Crippen molar-refractivity contribution < 1.29 is 47.2 Å². The third-order valence-corrected chi connectivity index (χ3v) is 9.42. The number of carbonyl (C=O) groups excluding carboxylic acids is 2. The highest BCUT2D eigenvalue weighted by atomic mass is 31.2. The van der Waals surface area contributed by atoms with Crippen molar-refractivity contribution >= 4 is 19.8 Å². The zero-order valence-corrected chi connectivity index (χ0v) is 36.8.